The Morgan fingerprint density at radius 2 is 0.745 bits per heavy atom. The van der Waals surface area contributed by atoms with E-state index >= 15 is 0 Å². The van der Waals surface area contributed by atoms with Crippen LogP contribution in [0.2, 0.25) is 0 Å². The number of nitrogens with one attached hydrogen (secondary N) is 1. The van der Waals surface area contributed by atoms with Gasteiger partial charge in [-0.15, -0.1) is 0 Å². The molecule has 0 aromatic carbocycles. The van der Waals surface area contributed by atoms with Crippen molar-refractivity contribution in [1.82, 2.24) is 5.32 Å². The number of hydrogen-bond acceptors (Lipinski definition) is 25. The Bertz CT molecular complexity index is 2350. The number of unbranched alkanes of at least 4 members (excludes halogenated alkanes) is 28. The predicted molar refractivity (Wildman–Crippen MR) is 357 cm³/mol. The molecule has 2 rings (SSSR count). The molecule has 1 N–H and O–H groups in total. The molecule has 14 atom stereocenters. The molecule has 2 aliphatic heterocycles. The van der Waals surface area contributed by atoms with E-state index in [1.54, 1.807) is 0 Å². The van der Waals surface area contributed by atoms with E-state index < -0.39 is 171 Å². The average Bonchev–Trinajstić information content (AvgIpc) is 1.45. The van der Waals surface area contributed by atoms with Gasteiger partial charge in [-0.25, -0.2) is 0 Å². The van der Waals surface area contributed by atoms with Crippen molar-refractivity contribution in [3.05, 3.63) is 0 Å². The number of carbonyl (C=O) groups excluding carboxylic acids is 11. The largest absolute Gasteiger partial charge is 0.463 e. The van der Waals surface area contributed by atoms with Crippen LogP contribution in [0, 0.1) is 0 Å². The van der Waals surface area contributed by atoms with Gasteiger partial charge in [0.2, 0.25) is 0 Å². The number of rotatable bonds is 54. The smallest absolute Gasteiger partial charge is 0.303 e. The van der Waals surface area contributed by atoms with Crippen LogP contribution in [0.1, 0.15) is 289 Å². The number of carbonyl (C=O) groups is 11. The van der Waals surface area contributed by atoms with E-state index in [4.69, 9.17) is 66.3 Å². The van der Waals surface area contributed by atoms with Crippen LogP contribution in [0.3, 0.4) is 0 Å². The minimum absolute atomic E-state index is 0.0962. The second-order valence-electron chi connectivity index (χ2n) is 25.9. The maximum absolute atomic E-state index is 14.8. The second-order valence-corrected chi connectivity index (χ2v) is 25.9. The highest BCUT2D eigenvalue weighted by atomic mass is 16.8. The van der Waals surface area contributed by atoms with E-state index in [9.17, 15) is 52.7 Å². The lowest BCUT2D eigenvalue weighted by molar-refractivity contribution is -0.335. The van der Waals surface area contributed by atoms with Crippen LogP contribution >= 0.6 is 0 Å². The second kappa shape index (κ2) is 52.1. The summed E-state index contributed by atoms with van der Waals surface area (Å²) in [6.07, 6.45) is 11.6. The lowest BCUT2D eigenvalue weighted by Crippen LogP contribution is -2.64. The monoisotopic (exact) mass is 1400 g/mol. The van der Waals surface area contributed by atoms with Gasteiger partial charge in [-0.1, -0.05) is 194 Å². The summed E-state index contributed by atoms with van der Waals surface area (Å²) in [7, 11) is 0. The Kier molecular flexibility index (Phi) is 46.8. The fourth-order valence-electron chi connectivity index (χ4n) is 12.3. The van der Waals surface area contributed by atoms with E-state index in [0.29, 0.717) is 19.3 Å². The van der Waals surface area contributed by atoms with Gasteiger partial charge >= 0.3 is 59.7 Å². The molecule has 2 aliphatic rings. The van der Waals surface area contributed by atoms with E-state index in [1.165, 1.54) is 110 Å². The molecule has 2 heterocycles. The van der Waals surface area contributed by atoms with Crippen molar-refractivity contribution < 1.29 is 119 Å². The highest BCUT2D eigenvalue weighted by Crippen LogP contribution is 2.37. The molecule has 0 unspecified atom stereocenters. The lowest BCUT2D eigenvalue weighted by Gasteiger charge is -2.45. The van der Waals surface area contributed by atoms with Crippen LogP contribution in [-0.2, 0) is 119 Å². The first kappa shape index (κ1) is 88.1. The summed E-state index contributed by atoms with van der Waals surface area (Å²) in [5.41, 5.74) is 0. The fraction of sp³-hybridized carbons (Fsp3) is 0.847. The van der Waals surface area contributed by atoms with Gasteiger partial charge in [-0.05, 0) is 25.7 Å². The van der Waals surface area contributed by atoms with Gasteiger partial charge in [-0.3, -0.25) is 52.7 Å². The molecule has 26 heteroatoms. The SMILES string of the molecule is CCCCCCCCCCCCCCCCCCCCCC[C@@H](OC(C)=O)C(=O)N[C@@H](CO[C@H]1O[C@H](COC(C)=O)[C@H](OC(C)=O)[C@H](O[C@@H]2O[C@@H]([C@@H](COC(C)=O)OC(C)=O)[C@H](OC(C)=O)[C@H]2OC(C)=O)[C@H]1OC(C)=O)[C@H](OC(C)=O)[C@@H](CCCCCCCCCCCC)OC(C)=O. The quantitative estimate of drug-likeness (QED) is 0.0336. The van der Waals surface area contributed by atoms with Crippen molar-refractivity contribution >= 4 is 65.6 Å². The molecule has 0 radical (unpaired) electrons. The normalized spacial score (nSPS) is 21.2. The first-order chi connectivity index (χ1) is 46.8. The molecule has 0 aromatic heterocycles. The predicted octanol–water partition coefficient (Wildman–Crippen LogP) is 11.4. The Morgan fingerprint density at radius 3 is 1.15 bits per heavy atom. The maximum atomic E-state index is 14.8. The van der Waals surface area contributed by atoms with E-state index in [1.807, 2.05) is 0 Å². The van der Waals surface area contributed by atoms with E-state index in [-0.39, 0.29) is 12.8 Å². The van der Waals surface area contributed by atoms with Gasteiger partial charge in [0, 0.05) is 69.2 Å². The zero-order valence-electron chi connectivity index (χ0n) is 61.0. The Labute approximate surface area is 582 Å². The highest BCUT2D eigenvalue weighted by Gasteiger charge is 2.59. The van der Waals surface area contributed by atoms with Crippen molar-refractivity contribution in [2.24, 2.45) is 0 Å². The molecule has 564 valence electrons. The van der Waals surface area contributed by atoms with Gasteiger partial charge in [-0.2, -0.15) is 0 Å². The van der Waals surface area contributed by atoms with Crippen LogP contribution in [0.25, 0.3) is 0 Å². The van der Waals surface area contributed by atoms with Gasteiger partial charge < -0.3 is 71.6 Å². The van der Waals surface area contributed by atoms with Crippen LogP contribution in [0.15, 0.2) is 0 Å². The fourth-order valence-corrected chi connectivity index (χ4v) is 12.3. The van der Waals surface area contributed by atoms with Gasteiger partial charge in [0.25, 0.3) is 5.91 Å². The molecule has 2 saturated heterocycles. The van der Waals surface area contributed by atoms with Gasteiger partial charge in [0.05, 0.1) is 12.6 Å². The van der Waals surface area contributed by atoms with Gasteiger partial charge in [0.1, 0.15) is 37.6 Å². The molecule has 0 aromatic rings. The zero-order chi connectivity index (χ0) is 72.8. The Morgan fingerprint density at radius 1 is 0.357 bits per heavy atom. The van der Waals surface area contributed by atoms with Crippen molar-refractivity contribution in [2.45, 2.75) is 374 Å². The first-order valence-corrected chi connectivity index (χ1v) is 36.3. The maximum Gasteiger partial charge on any atom is 0.303 e. The molecule has 0 bridgehead atoms. The van der Waals surface area contributed by atoms with Crippen molar-refractivity contribution in [1.29, 1.82) is 0 Å². The molecule has 1 amide bonds. The lowest BCUT2D eigenvalue weighted by atomic mass is 9.97. The number of esters is 10. The van der Waals surface area contributed by atoms with Crippen LogP contribution in [0.4, 0.5) is 0 Å². The van der Waals surface area contributed by atoms with Crippen molar-refractivity contribution in [3.8, 4) is 0 Å². The number of amides is 1. The Balaban J connectivity index is 2.66. The topological polar surface area (TPSA) is 329 Å². The summed E-state index contributed by atoms with van der Waals surface area (Å²) in [5.74, 6) is -9.64. The third-order valence-corrected chi connectivity index (χ3v) is 16.8. The molecule has 0 aliphatic carbocycles. The molecule has 0 saturated carbocycles. The minimum atomic E-state index is -1.95. The van der Waals surface area contributed by atoms with Crippen LogP contribution < -0.4 is 5.32 Å². The van der Waals surface area contributed by atoms with E-state index in [0.717, 1.165) is 133 Å². The summed E-state index contributed by atoms with van der Waals surface area (Å²) < 4.78 is 82.4. The summed E-state index contributed by atoms with van der Waals surface area (Å²) in [5, 5.41) is 2.85. The molecule has 2 fully saturated rings. The first-order valence-electron chi connectivity index (χ1n) is 36.3. The highest BCUT2D eigenvalue weighted by molar-refractivity contribution is 5.83. The molecular formula is C72H121NO25. The summed E-state index contributed by atoms with van der Waals surface area (Å²) in [4.78, 5) is 143. The summed E-state index contributed by atoms with van der Waals surface area (Å²) in [6.45, 7) is 13.0. The zero-order valence-corrected chi connectivity index (χ0v) is 61.0. The molecule has 0 spiro atoms. The summed E-state index contributed by atoms with van der Waals surface area (Å²) >= 11 is 0. The number of hydrogen-bond donors (Lipinski definition) is 1. The van der Waals surface area contributed by atoms with E-state index in [2.05, 4.69) is 19.2 Å². The Hall–Kier alpha value is -5.99. The van der Waals surface area contributed by atoms with Crippen LogP contribution in [0.5, 0.6) is 0 Å². The molecule has 98 heavy (non-hydrogen) atoms. The summed E-state index contributed by atoms with van der Waals surface area (Å²) in [6, 6.07) is -1.52. The van der Waals surface area contributed by atoms with Crippen molar-refractivity contribution in [3.63, 3.8) is 0 Å². The molecule has 26 nitrogen and oxygen atoms in total. The average molecular weight is 1400 g/mol. The van der Waals surface area contributed by atoms with Gasteiger partial charge in [0.15, 0.2) is 55.3 Å². The standard InChI is InChI=1S/C72H121NO25/c1-13-15-17-19-21-23-25-26-27-28-29-30-31-32-33-34-36-38-40-42-44-60(89-51(6)77)70(84)73-58(63(91-53(8)79)59(88-50(5)76)43-41-39-37-35-24-22-20-18-16-14-2)45-87-71-68(94-56(11)82)67(64(92-54(9)80)62(96-71)47-86-49(4)75)98-72-69(95-57(12)83)66(93-55(10)81)65(97-72)61(90-52(7)78)46-85-48(3)74/h58-69,71-72H,13-47H2,1-12H3,(H,73,84)/t58-,59+,60+,61+,62+,63-,64-,65-,66-,67-,68+,69+,71-,72-/m0/s1. The minimum Gasteiger partial charge on any atom is -0.463 e. The third-order valence-electron chi connectivity index (χ3n) is 16.8. The molecular weight excluding hydrogens is 1280 g/mol. The third kappa shape index (κ3) is 39.1. The number of ether oxygens (including phenoxy) is 14. The van der Waals surface area contributed by atoms with Crippen LogP contribution in [-0.4, -0.2) is 171 Å². The van der Waals surface area contributed by atoms with Crippen molar-refractivity contribution in [2.75, 3.05) is 19.8 Å².